The number of nitrogens with one attached hydrogen (secondary N) is 1. The van der Waals surface area contributed by atoms with Gasteiger partial charge in [0, 0.05) is 22.9 Å². The first kappa shape index (κ1) is 15.4. The van der Waals surface area contributed by atoms with Gasteiger partial charge in [0.2, 0.25) is 0 Å². The summed E-state index contributed by atoms with van der Waals surface area (Å²) in [5.41, 5.74) is 1.83. The third-order valence-corrected chi connectivity index (χ3v) is 5.56. The van der Waals surface area contributed by atoms with Crippen LogP contribution in [0.1, 0.15) is 31.4 Å². The Hall–Kier alpha value is -1.52. The molecule has 0 saturated carbocycles. The van der Waals surface area contributed by atoms with Crippen LogP contribution >= 0.6 is 0 Å². The lowest BCUT2D eigenvalue weighted by molar-refractivity contribution is -0.000782. The van der Waals surface area contributed by atoms with Crippen LogP contribution < -0.4 is 10.1 Å². The van der Waals surface area contributed by atoms with Crippen molar-refractivity contribution in [1.29, 1.82) is 0 Å². The number of aliphatic hydroxyl groups is 1. The Morgan fingerprint density at radius 3 is 2.73 bits per heavy atom. The molecule has 4 heteroatoms. The highest BCUT2D eigenvalue weighted by molar-refractivity contribution is 5.59. The minimum atomic E-state index is -0.661. The first-order chi connectivity index (χ1) is 10.5. The molecule has 0 saturated heterocycles. The van der Waals surface area contributed by atoms with Gasteiger partial charge < -0.3 is 20.3 Å². The molecular formula is C18H25NO3. The van der Waals surface area contributed by atoms with E-state index in [0.717, 1.165) is 17.5 Å². The number of aryl methyl sites for hydroxylation is 1. The largest absolute Gasteiger partial charge is 0.504 e. The van der Waals surface area contributed by atoms with Crippen LogP contribution in [0.4, 0.5) is 0 Å². The molecule has 1 aliphatic carbocycles. The summed E-state index contributed by atoms with van der Waals surface area (Å²) in [5, 5.41) is 24.1. The van der Waals surface area contributed by atoms with Gasteiger partial charge in [0.25, 0.3) is 0 Å². The molecule has 2 unspecified atom stereocenters. The van der Waals surface area contributed by atoms with Gasteiger partial charge in [-0.15, -0.1) is 0 Å². The molecule has 1 aromatic rings. The number of fused-ring (bicyclic) bond motifs is 3. The number of aliphatic hydroxyl groups excluding tert-OH is 1. The maximum absolute atomic E-state index is 10.5. The zero-order valence-electron chi connectivity index (χ0n) is 13.6. The molecule has 5 atom stereocenters. The van der Waals surface area contributed by atoms with Gasteiger partial charge >= 0.3 is 0 Å². The zero-order valence-corrected chi connectivity index (χ0v) is 13.6. The molecule has 3 rings (SSSR count). The van der Waals surface area contributed by atoms with Crippen molar-refractivity contribution < 1.29 is 14.9 Å². The summed E-state index contributed by atoms with van der Waals surface area (Å²) in [6, 6.07) is 3.84. The van der Waals surface area contributed by atoms with Crippen molar-refractivity contribution in [1.82, 2.24) is 5.32 Å². The van der Waals surface area contributed by atoms with Gasteiger partial charge in [0.05, 0.1) is 0 Å². The second kappa shape index (κ2) is 5.28. The number of rotatable bonds is 3. The zero-order chi connectivity index (χ0) is 16.1. The van der Waals surface area contributed by atoms with E-state index in [1.54, 1.807) is 6.07 Å². The standard InChI is InChI=1S/C18H25NO3/c1-5-18-12(11(3)19-4)7-9-14(21)17(18)22-16-13(20)8-6-10(2)15(16)18/h6-9,11-12,14,17,19-21H,5H2,1-4H3/t11-,12?,14?,17+,18+/m1/s1. The number of benzene rings is 1. The summed E-state index contributed by atoms with van der Waals surface area (Å²) < 4.78 is 6.07. The maximum atomic E-state index is 10.5. The van der Waals surface area contributed by atoms with Gasteiger partial charge in [-0.2, -0.15) is 0 Å². The van der Waals surface area contributed by atoms with Crippen LogP contribution in [0.3, 0.4) is 0 Å². The molecule has 0 amide bonds. The topological polar surface area (TPSA) is 61.7 Å². The van der Waals surface area contributed by atoms with Gasteiger partial charge in [-0.25, -0.2) is 0 Å². The Morgan fingerprint density at radius 2 is 2.09 bits per heavy atom. The van der Waals surface area contributed by atoms with Crippen molar-refractivity contribution in [2.75, 3.05) is 7.05 Å². The van der Waals surface area contributed by atoms with Gasteiger partial charge in [0.1, 0.15) is 12.2 Å². The Morgan fingerprint density at radius 1 is 1.36 bits per heavy atom. The fourth-order valence-electron chi connectivity index (χ4n) is 4.39. The van der Waals surface area contributed by atoms with Crippen molar-refractivity contribution in [3.8, 4) is 11.5 Å². The van der Waals surface area contributed by atoms with E-state index in [1.165, 1.54) is 0 Å². The summed E-state index contributed by atoms with van der Waals surface area (Å²) in [6.45, 7) is 6.33. The Labute approximate surface area is 131 Å². The van der Waals surface area contributed by atoms with E-state index in [0.29, 0.717) is 5.75 Å². The quantitative estimate of drug-likeness (QED) is 0.750. The number of aromatic hydroxyl groups is 1. The summed E-state index contributed by atoms with van der Waals surface area (Å²) in [4.78, 5) is 0. The van der Waals surface area contributed by atoms with Gasteiger partial charge in [-0.3, -0.25) is 0 Å². The Balaban J connectivity index is 2.27. The highest BCUT2D eigenvalue weighted by atomic mass is 16.5. The third kappa shape index (κ3) is 1.83. The van der Waals surface area contributed by atoms with E-state index < -0.39 is 6.10 Å². The van der Waals surface area contributed by atoms with E-state index in [2.05, 4.69) is 25.2 Å². The van der Waals surface area contributed by atoms with Crippen molar-refractivity contribution in [2.24, 2.45) is 5.92 Å². The van der Waals surface area contributed by atoms with Crippen LogP contribution in [0.25, 0.3) is 0 Å². The predicted octanol–water partition coefficient (Wildman–Crippen LogP) is 2.26. The average Bonchev–Trinajstić information content (AvgIpc) is 2.89. The van der Waals surface area contributed by atoms with Crippen molar-refractivity contribution in [3.05, 3.63) is 35.4 Å². The molecule has 1 aromatic carbocycles. The van der Waals surface area contributed by atoms with E-state index in [9.17, 15) is 10.2 Å². The smallest absolute Gasteiger partial charge is 0.165 e. The second-order valence-corrected chi connectivity index (χ2v) is 6.52. The first-order valence-corrected chi connectivity index (χ1v) is 8.00. The van der Waals surface area contributed by atoms with Gasteiger partial charge in [-0.1, -0.05) is 25.1 Å². The normalized spacial score (nSPS) is 34.0. The van der Waals surface area contributed by atoms with E-state index in [-0.39, 0.29) is 29.2 Å². The summed E-state index contributed by atoms with van der Waals surface area (Å²) in [6.07, 6.45) is 3.76. The highest BCUT2D eigenvalue weighted by Crippen LogP contribution is 2.57. The van der Waals surface area contributed by atoms with E-state index >= 15 is 0 Å². The third-order valence-electron chi connectivity index (χ3n) is 5.56. The number of ether oxygens (including phenoxy) is 1. The van der Waals surface area contributed by atoms with Crippen LogP contribution in [0, 0.1) is 12.8 Å². The molecule has 1 aliphatic heterocycles. The van der Waals surface area contributed by atoms with Crippen LogP contribution in [-0.2, 0) is 5.41 Å². The Kier molecular flexibility index (Phi) is 3.69. The molecule has 0 radical (unpaired) electrons. The predicted molar refractivity (Wildman–Crippen MR) is 86.4 cm³/mol. The summed E-state index contributed by atoms with van der Waals surface area (Å²) in [7, 11) is 1.95. The monoisotopic (exact) mass is 303 g/mol. The minimum Gasteiger partial charge on any atom is -0.504 e. The van der Waals surface area contributed by atoms with E-state index in [4.69, 9.17) is 4.74 Å². The average molecular weight is 303 g/mol. The fourth-order valence-corrected chi connectivity index (χ4v) is 4.39. The van der Waals surface area contributed by atoms with Gasteiger partial charge in [-0.05, 0) is 38.9 Å². The molecule has 0 spiro atoms. The number of phenols is 1. The number of phenolic OH excluding ortho intramolecular Hbond substituents is 1. The van der Waals surface area contributed by atoms with Crippen molar-refractivity contribution in [2.45, 2.75) is 50.9 Å². The van der Waals surface area contributed by atoms with E-state index in [1.807, 2.05) is 26.1 Å². The molecule has 2 aliphatic rings. The first-order valence-electron chi connectivity index (χ1n) is 8.00. The summed E-state index contributed by atoms with van der Waals surface area (Å²) in [5.74, 6) is 0.895. The lowest BCUT2D eigenvalue weighted by Gasteiger charge is -2.46. The molecule has 0 fully saturated rings. The molecule has 120 valence electrons. The molecule has 0 aromatic heterocycles. The lowest BCUT2D eigenvalue weighted by Crippen LogP contribution is -2.56. The Bertz CT molecular complexity index is 613. The SMILES string of the molecule is CC[C@]12c3c(C)ccc(O)c3O[C@H]1C(O)C=CC2[C@@H](C)NC. The molecule has 4 nitrogen and oxygen atoms in total. The van der Waals surface area contributed by atoms with Crippen LogP contribution in [0.2, 0.25) is 0 Å². The number of hydrogen-bond donors (Lipinski definition) is 3. The van der Waals surface area contributed by atoms with Crippen molar-refractivity contribution >= 4 is 0 Å². The summed E-state index contributed by atoms with van der Waals surface area (Å²) >= 11 is 0. The molecule has 0 bridgehead atoms. The van der Waals surface area contributed by atoms with Gasteiger partial charge in [0.15, 0.2) is 11.5 Å². The molecule has 22 heavy (non-hydrogen) atoms. The highest BCUT2D eigenvalue weighted by Gasteiger charge is 2.58. The molecular weight excluding hydrogens is 278 g/mol. The van der Waals surface area contributed by atoms with Crippen LogP contribution in [0.15, 0.2) is 24.3 Å². The lowest BCUT2D eigenvalue weighted by atomic mass is 9.59. The molecule has 3 N–H and O–H groups in total. The van der Waals surface area contributed by atoms with Crippen LogP contribution in [-0.4, -0.2) is 35.5 Å². The fraction of sp³-hybridized carbons (Fsp3) is 0.556. The second-order valence-electron chi connectivity index (χ2n) is 6.52. The molecule has 1 heterocycles. The number of hydrogen-bond acceptors (Lipinski definition) is 4. The van der Waals surface area contributed by atoms with Crippen LogP contribution in [0.5, 0.6) is 11.5 Å². The maximum Gasteiger partial charge on any atom is 0.165 e. The van der Waals surface area contributed by atoms with Crippen molar-refractivity contribution in [3.63, 3.8) is 0 Å². The minimum absolute atomic E-state index is 0.158.